The van der Waals surface area contributed by atoms with Crippen LogP contribution in [0.2, 0.25) is 0 Å². The van der Waals surface area contributed by atoms with Crippen molar-refractivity contribution < 1.29 is 9.53 Å². The average molecular weight is 222 g/mol. The second-order valence-electron chi connectivity index (χ2n) is 2.78. The van der Waals surface area contributed by atoms with Crippen LogP contribution < -0.4 is 11.1 Å². The fourth-order valence-electron chi connectivity index (χ4n) is 0.935. The first-order chi connectivity index (χ1) is 7.63. The van der Waals surface area contributed by atoms with Crippen LogP contribution in [-0.2, 0) is 9.53 Å². The number of nitrogens with one attached hydrogen (secondary N) is 2. The lowest BCUT2D eigenvalue weighted by atomic mass is 10.3. The van der Waals surface area contributed by atoms with E-state index in [1.54, 1.807) is 6.92 Å². The molecule has 84 valence electrons. The maximum Gasteiger partial charge on any atom is 0.317 e. The van der Waals surface area contributed by atoms with Crippen LogP contribution in [0.5, 0.6) is 0 Å². The number of rotatable bonds is 2. The minimum absolute atomic E-state index is 0.0213. The van der Waals surface area contributed by atoms with Crippen LogP contribution in [-0.4, -0.2) is 22.8 Å². The van der Waals surface area contributed by atoms with E-state index in [1.807, 2.05) is 0 Å². The molecule has 0 spiro atoms. The summed E-state index contributed by atoms with van der Waals surface area (Å²) < 4.78 is 4.64. The Morgan fingerprint density at radius 3 is 2.88 bits per heavy atom. The van der Waals surface area contributed by atoms with E-state index in [0.29, 0.717) is 0 Å². The summed E-state index contributed by atoms with van der Waals surface area (Å²) in [5.74, 6) is 4.42. The van der Waals surface area contributed by atoms with Gasteiger partial charge in [-0.05, 0) is 6.92 Å². The predicted molar refractivity (Wildman–Crippen MR) is 55.8 cm³/mol. The Morgan fingerprint density at radius 2 is 2.19 bits per heavy atom. The van der Waals surface area contributed by atoms with Crippen LogP contribution in [0, 0.1) is 11.8 Å². The van der Waals surface area contributed by atoms with Crippen LogP contribution in [0.4, 0.5) is 0 Å². The fraction of sp³-hybridized carbons (Fsp3) is 0.300. The van der Waals surface area contributed by atoms with E-state index in [2.05, 4.69) is 26.8 Å². The first-order valence-corrected chi connectivity index (χ1v) is 4.60. The van der Waals surface area contributed by atoms with Gasteiger partial charge in [-0.3, -0.25) is 24.6 Å². The van der Waals surface area contributed by atoms with Crippen molar-refractivity contribution in [3.05, 3.63) is 32.3 Å². The number of H-pyrrole nitrogens is 2. The summed E-state index contributed by atoms with van der Waals surface area (Å²) in [6, 6.07) is 1.07. The number of hydrogen-bond donors (Lipinski definition) is 2. The predicted octanol–water partition coefficient (Wildman–Crippen LogP) is -0.632. The topological polar surface area (TPSA) is 92.0 Å². The molecule has 2 N–H and O–H groups in total. The summed E-state index contributed by atoms with van der Waals surface area (Å²) in [5.41, 5.74) is -0.941. The summed E-state index contributed by atoms with van der Waals surface area (Å²) in [5, 5.41) is 4.23. The van der Waals surface area contributed by atoms with Gasteiger partial charge in [0.1, 0.15) is 6.42 Å². The Kier molecular flexibility index (Phi) is 4.09. The number of carbonyl (C=O) groups excluding carboxylic acids is 1. The van der Waals surface area contributed by atoms with Crippen LogP contribution in [0.3, 0.4) is 0 Å². The normalized spacial score (nSPS) is 9.06. The summed E-state index contributed by atoms with van der Waals surface area (Å²) in [6.45, 7) is 1.97. The monoisotopic (exact) mass is 222 g/mol. The molecule has 0 radical (unpaired) electrons. The molecule has 0 saturated carbocycles. The molecule has 1 aromatic rings. The molecule has 0 aliphatic carbocycles. The lowest BCUT2D eigenvalue weighted by Crippen LogP contribution is -2.20. The van der Waals surface area contributed by atoms with Gasteiger partial charge in [0.25, 0.3) is 11.1 Å². The highest BCUT2D eigenvalue weighted by molar-refractivity contribution is 5.72. The molecule has 0 saturated heterocycles. The lowest BCUT2D eigenvalue weighted by Gasteiger charge is -1.94. The minimum Gasteiger partial charge on any atom is -0.465 e. The van der Waals surface area contributed by atoms with E-state index in [4.69, 9.17) is 0 Å². The second kappa shape index (κ2) is 5.56. The van der Waals surface area contributed by atoms with Gasteiger partial charge in [-0.15, -0.1) is 0 Å². The molecule has 0 amide bonds. The molecule has 0 fully saturated rings. The van der Waals surface area contributed by atoms with Gasteiger partial charge in [0.2, 0.25) is 0 Å². The number of aromatic nitrogens is 2. The maximum absolute atomic E-state index is 11.1. The fourth-order valence-corrected chi connectivity index (χ4v) is 0.935. The van der Waals surface area contributed by atoms with Crippen molar-refractivity contribution in [3.8, 4) is 11.8 Å². The van der Waals surface area contributed by atoms with E-state index in [9.17, 15) is 14.4 Å². The molecule has 0 atom stereocenters. The molecule has 1 heterocycles. The van der Waals surface area contributed by atoms with Gasteiger partial charge in [-0.25, -0.2) is 0 Å². The van der Waals surface area contributed by atoms with Gasteiger partial charge in [-0.1, -0.05) is 11.8 Å². The quantitative estimate of drug-likeness (QED) is 0.514. The zero-order chi connectivity index (χ0) is 12.0. The molecule has 0 aliphatic heterocycles. The summed E-state index contributed by atoms with van der Waals surface area (Å²) >= 11 is 0. The summed E-state index contributed by atoms with van der Waals surface area (Å²) in [7, 11) is 0. The minimum atomic E-state index is -0.504. The Bertz CT molecular complexity index is 544. The maximum atomic E-state index is 11.1. The molecular weight excluding hydrogens is 212 g/mol. The highest BCUT2D eigenvalue weighted by atomic mass is 16.5. The number of aromatic amines is 2. The van der Waals surface area contributed by atoms with E-state index in [0.717, 1.165) is 6.07 Å². The number of hydrogen-bond acceptors (Lipinski definition) is 4. The van der Waals surface area contributed by atoms with Crippen molar-refractivity contribution in [1.29, 1.82) is 0 Å². The third kappa shape index (κ3) is 3.46. The van der Waals surface area contributed by atoms with E-state index >= 15 is 0 Å². The van der Waals surface area contributed by atoms with Crippen molar-refractivity contribution in [2.75, 3.05) is 6.61 Å². The lowest BCUT2D eigenvalue weighted by molar-refractivity contribution is -0.141. The molecule has 1 rings (SSSR count). The van der Waals surface area contributed by atoms with Crippen molar-refractivity contribution in [2.24, 2.45) is 0 Å². The third-order valence-corrected chi connectivity index (χ3v) is 1.58. The SMILES string of the molecule is CCOC(=O)CC#Cc1cc(=O)[nH][nH]c1=O. The van der Waals surface area contributed by atoms with Gasteiger partial charge in [-0.2, -0.15) is 0 Å². The third-order valence-electron chi connectivity index (χ3n) is 1.58. The molecule has 0 bridgehead atoms. The highest BCUT2D eigenvalue weighted by Gasteiger charge is 1.98. The Morgan fingerprint density at radius 1 is 1.44 bits per heavy atom. The smallest absolute Gasteiger partial charge is 0.317 e. The van der Waals surface area contributed by atoms with Crippen molar-refractivity contribution in [3.63, 3.8) is 0 Å². The van der Waals surface area contributed by atoms with Crippen LogP contribution >= 0.6 is 0 Å². The number of ether oxygens (including phenoxy) is 1. The molecule has 0 aliphatic rings. The Balaban J connectivity index is 2.77. The van der Waals surface area contributed by atoms with E-state index in [-0.39, 0.29) is 18.6 Å². The molecule has 6 heteroatoms. The second-order valence-corrected chi connectivity index (χ2v) is 2.78. The molecule has 6 nitrogen and oxygen atoms in total. The van der Waals surface area contributed by atoms with Gasteiger partial charge in [0.15, 0.2) is 0 Å². The van der Waals surface area contributed by atoms with Crippen molar-refractivity contribution >= 4 is 5.97 Å². The van der Waals surface area contributed by atoms with E-state index < -0.39 is 17.1 Å². The molecule has 1 aromatic heterocycles. The standard InChI is InChI=1S/C10H10N2O4/c1-2-16-9(14)5-3-4-7-6-8(13)11-12-10(7)15/h6H,2,5H2,1H3,(H,11,13)(H,12,15). The molecular formula is C10H10N2O4. The summed E-state index contributed by atoms with van der Waals surface area (Å²) in [4.78, 5) is 32.9. The van der Waals surface area contributed by atoms with Gasteiger partial charge >= 0.3 is 5.97 Å². The van der Waals surface area contributed by atoms with Gasteiger partial charge < -0.3 is 4.74 Å². The average Bonchev–Trinajstić information content (AvgIpc) is 2.23. The van der Waals surface area contributed by atoms with Crippen LogP contribution in [0.15, 0.2) is 15.7 Å². The Labute approximate surface area is 90.6 Å². The Hall–Kier alpha value is -2.29. The van der Waals surface area contributed by atoms with Crippen LogP contribution in [0.25, 0.3) is 0 Å². The van der Waals surface area contributed by atoms with Crippen molar-refractivity contribution in [2.45, 2.75) is 13.3 Å². The number of esters is 1. The van der Waals surface area contributed by atoms with Crippen LogP contribution in [0.1, 0.15) is 18.9 Å². The largest absolute Gasteiger partial charge is 0.465 e. The summed E-state index contributed by atoms with van der Waals surface area (Å²) in [6.07, 6.45) is -0.111. The van der Waals surface area contributed by atoms with Crippen molar-refractivity contribution in [1.82, 2.24) is 10.2 Å². The van der Waals surface area contributed by atoms with Gasteiger partial charge in [0, 0.05) is 6.07 Å². The first kappa shape index (κ1) is 11.8. The molecule has 0 unspecified atom stereocenters. The number of carbonyl (C=O) groups is 1. The van der Waals surface area contributed by atoms with Gasteiger partial charge in [0.05, 0.1) is 12.2 Å². The molecule has 0 aromatic carbocycles. The molecule has 16 heavy (non-hydrogen) atoms. The zero-order valence-electron chi connectivity index (χ0n) is 8.62. The van der Waals surface area contributed by atoms with E-state index in [1.165, 1.54) is 0 Å². The zero-order valence-corrected chi connectivity index (χ0v) is 8.62. The first-order valence-electron chi connectivity index (χ1n) is 4.60. The highest BCUT2D eigenvalue weighted by Crippen LogP contribution is 1.85.